The molecule has 0 fully saturated rings. The van der Waals surface area contributed by atoms with Crippen LogP contribution in [0.3, 0.4) is 0 Å². The van der Waals surface area contributed by atoms with E-state index in [1.165, 1.54) is 18.2 Å². The third kappa shape index (κ3) is 2.79. The van der Waals surface area contributed by atoms with E-state index < -0.39 is 16.6 Å². The van der Waals surface area contributed by atoms with Gasteiger partial charge in [-0.1, -0.05) is 0 Å². The van der Waals surface area contributed by atoms with Crippen LogP contribution in [0.15, 0.2) is 22.8 Å². The molecule has 0 N–H and O–H groups in total. The maximum atomic E-state index is 12.1. The van der Waals surface area contributed by atoms with Crippen molar-refractivity contribution in [3.63, 3.8) is 0 Å². The summed E-state index contributed by atoms with van der Waals surface area (Å²) in [5, 5.41) is 15.4. The SMILES string of the molecule is CC(C)(C)OC(=O)n1nc(Br)c2ccc([N+](=O)[O-])cc21. The van der Waals surface area contributed by atoms with E-state index in [0.29, 0.717) is 15.5 Å². The summed E-state index contributed by atoms with van der Waals surface area (Å²) in [5.74, 6) is 0. The molecule has 0 radical (unpaired) electrons. The molecule has 0 saturated carbocycles. The van der Waals surface area contributed by atoms with Gasteiger partial charge in [-0.3, -0.25) is 10.1 Å². The summed E-state index contributed by atoms with van der Waals surface area (Å²) >= 11 is 3.22. The molecule has 0 unspecified atom stereocenters. The van der Waals surface area contributed by atoms with Gasteiger partial charge in [0.25, 0.3) is 5.69 Å². The Bertz CT molecular complexity index is 703. The van der Waals surface area contributed by atoms with Gasteiger partial charge in [-0.2, -0.15) is 9.78 Å². The molecule has 0 saturated heterocycles. The van der Waals surface area contributed by atoms with E-state index in [2.05, 4.69) is 21.0 Å². The summed E-state index contributed by atoms with van der Waals surface area (Å²) in [5.41, 5.74) is -0.474. The molecular weight excluding hydrogens is 330 g/mol. The fraction of sp³-hybridized carbons (Fsp3) is 0.333. The number of carbonyl (C=O) groups excluding carboxylic acids is 1. The number of non-ortho nitro benzene ring substituents is 1. The lowest BCUT2D eigenvalue weighted by molar-refractivity contribution is -0.384. The monoisotopic (exact) mass is 341 g/mol. The molecule has 106 valence electrons. The second-order valence-corrected chi connectivity index (χ2v) is 5.89. The third-order valence-electron chi connectivity index (χ3n) is 2.40. The number of fused-ring (bicyclic) bond motifs is 1. The average molecular weight is 342 g/mol. The highest BCUT2D eigenvalue weighted by Gasteiger charge is 2.22. The number of nitrogens with zero attached hydrogens (tertiary/aromatic N) is 3. The van der Waals surface area contributed by atoms with Crippen molar-refractivity contribution < 1.29 is 14.5 Å². The molecule has 0 bridgehead atoms. The number of benzene rings is 1. The molecule has 8 heteroatoms. The van der Waals surface area contributed by atoms with Gasteiger partial charge in [0.05, 0.1) is 10.4 Å². The van der Waals surface area contributed by atoms with E-state index >= 15 is 0 Å². The number of carbonyl (C=O) groups is 1. The minimum atomic E-state index is -0.686. The van der Waals surface area contributed by atoms with Gasteiger partial charge in [0.15, 0.2) is 0 Å². The number of hydrogen-bond acceptors (Lipinski definition) is 5. The first-order chi connectivity index (χ1) is 9.19. The van der Waals surface area contributed by atoms with Crippen LogP contribution >= 0.6 is 15.9 Å². The molecular formula is C12H12BrN3O4. The number of rotatable bonds is 1. The molecule has 0 spiro atoms. The van der Waals surface area contributed by atoms with Gasteiger partial charge >= 0.3 is 6.09 Å². The van der Waals surface area contributed by atoms with Crippen molar-refractivity contribution >= 4 is 38.6 Å². The Balaban J connectivity index is 2.55. The predicted molar refractivity (Wildman–Crippen MR) is 75.7 cm³/mol. The van der Waals surface area contributed by atoms with E-state index in [1.807, 2.05) is 0 Å². The highest BCUT2D eigenvalue weighted by atomic mass is 79.9. The van der Waals surface area contributed by atoms with Crippen LogP contribution in [0.1, 0.15) is 20.8 Å². The molecule has 0 atom stereocenters. The van der Waals surface area contributed by atoms with Crippen molar-refractivity contribution in [3.8, 4) is 0 Å². The lowest BCUT2D eigenvalue weighted by Crippen LogP contribution is -2.27. The highest BCUT2D eigenvalue weighted by Crippen LogP contribution is 2.27. The second kappa shape index (κ2) is 4.86. The Morgan fingerprint density at radius 2 is 2.10 bits per heavy atom. The number of aromatic nitrogens is 2. The predicted octanol–water partition coefficient (Wildman–Crippen LogP) is 3.49. The highest BCUT2D eigenvalue weighted by molar-refractivity contribution is 9.10. The van der Waals surface area contributed by atoms with E-state index in [1.54, 1.807) is 20.8 Å². The molecule has 20 heavy (non-hydrogen) atoms. The van der Waals surface area contributed by atoms with Crippen molar-refractivity contribution in [2.45, 2.75) is 26.4 Å². The maximum absolute atomic E-state index is 12.1. The van der Waals surface area contributed by atoms with E-state index in [-0.39, 0.29) is 5.69 Å². The molecule has 0 aliphatic heterocycles. The standard InChI is InChI=1S/C12H12BrN3O4/c1-12(2,3)20-11(17)15-9-6-7(16(18)19)4-5-8(9)10(13)14-15/h4-6H,1-3H3. The summed E-state index contributed by atoms with van der Waals surface area (Å²) in [6, 6.07) is 4.18. The Hall–Kier alpha value is -1.96. The zero-order chi connectivity index (χ0) is 15.1. The second-order valence-electron chi connectivity index (χ2n) is 5.14. The molecule has 7 nitrogen and oxygen atoms in total. The summed E-state index contributed by atoms with van der Waals surface area (Å²) in [7, 11) is 0. The van der Waals surface area contributed by atoms with Crippen LogP contribution in [-0.4, -0.2) is 26.4 Å². The molecule has 0 amide bonds. The van der Waals surface area contributed by atoms with Crippen LogP contribution in [0.2, 0.25) is 0 Å². The minimum absolute atomic E-state index is 0.116. The number of nitro groups is 1. The van der Waals surface area contributed by atoms with Gasteiger partial charge in [-0.05, 0) is 42.8 Å². The third-order valence-corrected chi connectivity index (χ3v) is 2.98. The van der Waals surface area contributed by atoms with Gasteiger partial charge in [0.1, 0.15) is 10.2 Å². The largest absolute Gasteiger partial charge is 0.442 e. The average Bonchev–Trinajstić information content (AvgIpc) is 2.64. The summed E-state index contributed by atoms with van der Waals surface area (Å²) in [6.07, 6.45) is -0.686. The topological polar surface area (TPSA) is 87.3 Å². The summed E-state index contributed by atoms with van der Waals surface area (Å²) in [6.45, 7) is 5.19. The van der Waals surface area contributed by atoms with Crippen molar-refractivity contribution in [1.29, 1.82) is 0 Å². The Labute approximate surface area is 122 Å². The van der Waals surface area contributed by atoms with E-state index in [0.717, 1.165) is 4.68 Å². The van der Waals surface area contributed by atoms with Gasteiger partial charge in [-0.25, -0.2) is 4.79 Å². The zero-order valence-electron chi connectivity index (χ0n) is 11.1. The van der Waals surface area contributed by atoms with Crippen LogP contribution in [0.4, 0.5) is 10.5 Å². The van der Waals surface area contributed by atoms with Gasteiger partial charge in [0.2, 0.25) is 0 Å². The molecule has 0 aliphatic carbocycles. The molecule has 2 rings (SSSR count). The van der Waals surface area contributed by atoms with Crippen LogP contribution in [-0.2, 0) is 4.74 Å². The van der Waals surface area contributed by atoms with Crippen molar-refractivity contribution in [2.24, 2.45) is 0 Å². The van der Waals surface area contributed by atoms with Crippen molar-refractivity contribution in [2.75, 3.05) is 0 Å². The number of halogens is 1. The fourth-order valence-corrected chi connectivity index (χ4v) is 2.12. The number of hydrogen-bond donors (Lipinski definition) is 0. The Morgan fingerprint density at radius 3 is 2.65 bits per heavy atom. The first-order valence-electron chi connectivity index (χ1n) is 5.75. The fourth-order valence-electron chi connectivity index (χ4n) is 1.62. The first kappa shape index (κ1) is 14.4. The Morgan fingerprint density at radius 1 is 1.45 bits per heavy atom. The molecule has 1 aromatic heterocycles. The lowest BCUT2D eigenvalue weighted by atomic mass is 10.2. The molecule has 1 aromatic carbocycles. The molecule has 0 aliphatic rings. The van der Waals surface area contributed by atoms with Crippen molar-refractivity contribution in [3.05, 3.63) is 32.9 Å². The smallest absolute Gasteiger partial charge is 0.435 e. The van der Waals surface area contributed by atoms with Crippen LogP contribution < -0.4 is 0 Å². The van der Waals surface area contributed by atoms with Gasteiger partial charge in [0, 0.05) is 17.5 Å². The number of nitro benzene ring substituents is 1. The first-order valence-corrected chi connectivity index (χ1v) is 6.54. The van der Waals surface area contributed by atoms with Gasteiger partial charge in [-0.15, -0.1) is 0 Å². The molecule has 2 aromatic rings. The Kier molecular flexibility index (Phi) is 3.51. The summed E-state index contributed by atoms with van der Waals surface area (Å²) in [4.78, 5) is 22.3. The van der Waals surface area contributed by atoms with Crippen molar-refractivity contribution in [1.82, 2.24) is 9.78 Å². The van der Waals surface area contributed by atoms with Crippen LogP contribution in [0.5, 0.6) is 0 Å². The maximum Gasteiger partial charge on any atom is 0.435 e. The normalized spacial score (nSPS) is 11.6. The zero-order valence-corrected chi connectivity index (χ0v) is 12.7. The molecule has 1 heterocycles. The van der Waals surface area contributed by atoms with E-state index in [4.69, 9.17) is 4.74 Å². The number of ether oxygens (including phenoxy) is 1. The van der Waals surface area contributed by atoms with Gasteiger partial charge < -0.3 is 4.74 Å². The van der Waals surface area contributed by atoms with E-state index in [9.17, 15) is 14.9 Å². The minimum Gasteiger partial charge on any atom is -0.442 e. The van der Waals surface area contributed by atoms with Crippen LogP contribution in [0.25, 0.3) is 10.9 Å². The summed E-state index contributed by atoms with van der Waals surface area (Å²) < 4.78 is 6.65. The lowest BCUT2D eigenvalue weighted by Gasteiger charge is -2.19. The van der Waals surface area contributed by atoms with Crippen LogP contribution in [0, 0.1) is 10.1 Å². The quantitative estimate of drug-likeness (QED) is 0.585.